The number of para-hydroxylation sites is 1. The zero-order chi connectivity index (χ0) is 26.0. The minimum absolute atomic E-state index is 0.0171. The molecule has 5 aromatic rings. The van der Waals surface area contributed by atoms with Crippen LogP contribution in [0.4, 0.5) is 0 Å². The predicted molar refractivity (Wildman–Crippen MR) is 146 cm³/mol. The van der Waals surface area contributed by atoms with Crippen molar-refractivity contribution in [2.24, 2.45) is 10.8 Å². The molecule has 0 bridgehead atoms. The molecule has 2 nitrogen and oxygen atoms in total. The molecule has 0 spiro atoms. The van der Waals surface area contributed by atoms with Crippen molar-refractivity contribution in [1.29, 1.82) is 0 Å². The van der Waals surface area contributed by atoms with Crippen molar-refractivity contribution in [3.8, 4) is 11.3 Å². The molecular weight excluding hydrogens is 414 g/mol. The van der Waals surface area contributed by atoms with E-state index in [0.29, 0.717) is 5.56 Å². The lowest BCUT2D eigenvalue weighted by Crippen LogP contribution is -2.15. The number of aromatic nitrogens is 1. The molecule has 3 aromatic carbocycles. The quantitative estimate of drug-likeness (QED) is 0.273. The Kier molecular flexibility index (Phi) is 4.75. The summed E-state index contributed by atoms with van der Waals surface area (Å²) < 4.78 is 24.8. The van der Waals surface area contributed by atoms with Gasteiger partial charge in [0.15, 0.2) is 0 Å². The van der Waals surface area contributed by atoms with Crippen molar-refractivity contribution in [3.63, 3.8) is 0 Å². The Balaban J connectivity index is 1.79. The van der Waals surface area contributed by atoms with Gasteiger partial charge in [0.1, 0.15) is 11.2 Å². The highest BCUT2D eigenvalue weighted by atomic mass is 16.3. The van der Waals surface area contributed by atoms with Crippen molar-refractivity contribution in [2.75, 3.05) is 0 Å². The maximum absolute atomic E-state index is 9.11. The van der Waals surface area contributed by atoms with E-state index in [1.807, 2.05) is 51.2 Å². The van der Waals surface area contributed by atoms with Crippen LogP contribution in [-0.2, 0) is 12.8 Å². The van der Waals surface area contributed by atoms with Crippen molar-refractivity contribution < 1.29 is 7.16 Å². The fourth-order valence-corrected chi connectivity index (χ4v) is 4.90. The Bertz CT molecular complexity index is 1610. The molecule has 2 aromatic heterocycles. The molecule has 174 valence electrons. The lowest BCUT2D eigenvalue weighted by molar-refractivity contribution is 0.392. The van der Waals surface area contributed by atoms with Gasteiger partial charge in [-0.3, -0.25) is 4.98 Å². The molecule has 0 N–H and O–H groups in total. The van der Waals surface area contributed by atoms with E-state index in [2.05, 4.69) is 58.0 Å². The Morgan fingerprint density at radius 1 is 0.824 bits per heavy atom. The molecule has 5 rings (SSSR count). The third kappa shape index (κ3) is 4.22. The van der Waals surface area contributed by atoms with Crippen LogP contribution in [0.25, 0.3) is 44.0 Å². The molecule has 0 aliphatic carbocycles. The molecular formula is C32H35NO. The van der Waals surface area contributed by atoms with Crippen LogP contribution < -0.4 is 0 Å². The van der Waals surface area contributed by atoms with E-state index in [9.17, 15) is 0 Å². The van der Waals surface area contributed by atoms with E-state index in [1.54, 1.807) is 0 Å². The molecule has 0 saturated carbocycles. The molecule has 2 heteroatoms. The van der Waals surface area contributed by atoms with Crippen molar-refractivity contribution >= 4 is 32.7 Å². The van der Waals surface area contributed by atoms with Crippen LogP contribution >= 0.6 is 0 Å². The minimum atomic E-state index is -1.53. The summed E-state index contributed by atoms with van der Waals surface area (Å²) in [6.45, 7) is 14.6. The summed E-state index contributed by atoms with van der Waals surface area (Å²) >= 11 is 0. The normalized spacial score (nSPS) is 14.1. The van der Waals surface area contributed by atoms with E-state index in [4.69, 9.17) is 12.1 Å². The van der Waals surface area contributed by atoms with Crippen LogP contribution in [0, 0.1) is 17.8 Å². The lowest BCUT2D eigenvalue weighted by atomic mass is 9.81. The number of hydrogen-bond donors (Lipinski definition) is 0. The molecule has 0 saturated heterocycles. The average molecular weight is 452 g/mol. The smallest absolute Gasteiger partial charge is 0.144 e. The van der Waals surface area contributed by atoms with Gasteiger partial charge in [-0.1, -0.05) is 84.0 Å². The lowest BCUT2D eigenvalue weighted by Gasteiger charge is -2.24. The molecule has 0 unspecified atom stereocenters. The fourth-order valence-electron chi connectivity index (χ4n) is 4.90. The number of fused-ring (bicyclic) bond motifs is 5. The summed E-state index contributed by atoms with van der Waals surface area (Å²) in [7, 11) is 0. The van der Waals surface area contributed by atoms with Crippen molar-refractivity contribution in [3.05, 3.63) is 77.5 Å². The third-order valence-corrected chi connectivity index (χ3v) is 6.18. The number of benzene rings is 3. The van der Waals surface area contributed by atoms with E-state index >= 15 is 0 Å². The molecule has 0 atom stereocenters. The molecule has 0 fully saturated rings. The first-order valence-corrected chi connectivity index (χ1v) is 12.1. The van der Waals surface area contributed by atoms with E-state index in [-0.39, 0.29) is 5.41 Å². The number of furan rings is 1. The number of pyridine rings is 1. The van der Waals surface area contributed by atoms with Gasteiger partial charge in [-0.15, -0.1) is 0 Å². The molecule has 0 aliphatic rings. The van der Waals surface area contributed by atoms with Gasteiger partial charge in [-0.2, -0.15) is 0 Å². The standard InChI is InChI=1S/C32H35NO/c1-20-15-21-11-8-9-12-24(21)30-28(20)26-14-10-13-25(29(26)34-30)27-16-22(17-31(2,3)4)23(19-33-27)18-32(5,6)7/h8-16,19H,17-18H2,1-7H3/i17D2. The number of rotatable bonds is 3. The highest BCUT2D eigenvalue weighted by Gasteiger charge is 2.21. The third-order valence-electron chi connectivity index (χ3n) is 6.18. The fraction of sp³-hybridized carbons (Fsp3) is 0.344. The molecule has 0 amide bonds. The summed E-state index contributed by atoms with van der Waals surface area (Å²) in [4.78, 5) is 4.87. The zero-order valence-electron chi connectivity index (χ0n) is 23.3. The van der Waals surface area contributed by atoms with Gasteiger partial charge in [-0.05, 0) is 64.8 Å². The largest absolute Gasteiger partial charge is 0.455 e. The van der Waals surface area contributed by atoms with Crippen LogP contribution in [0.5, 0.6) is 0 Å². The molecule has 2 heterocycles. The van der Waals surface area contributed by atoms with Crippen LogP contribution in [0.1, 0.15) is 61.0 Å². The van der Waals surface area contributed by atoms with Gasteiger partial charge in [0, 0.05) is 30.7 Å². The van der Waals surface area contributed by atoms with Gasteiger partial charge in [0.05, 0.1) is 5.69 Å². The van der Waals surface area contributed by atoms with Crippen LogP contribution in [0.2, 0.25) is 0 Å². The Labute approximate surface area is 205 Å². The average Bonchev–Trinajstić information content (AvgIpc) is 3.18. The molecule has 34 heavy (non-hydrogen) atoms. The maximum atomic E-state index is 9.11. The minimum Gasteiger partial charge on any atom is -0.455 e. The van der Waals surface area contributed by atoms with Crippen LogP contribution in [0.3, 0.4) is 0 Å². The first-order valence-electron chi connectivity index (χ1n) is 13.1. The number of aryl methyl sites for hydroxylation is 1. The second-order valence-corrected chi connectivity index (χ2v) is 11.7. The van der Waals surface area contributed by atoms with Gasteiger partial charge < -0.3 is 4.42 Å². The Morgan fingerprint density at radius 3 is 2.29 bits per heavy atom. The highest BCUT2D eigenvalue weighted by molar-refractivity contribution is 6.18. The van der Waals surface area contributed by atoms with Crippen LogP contribution in [-0.4, -0.2) is 4.98 Å². The summed E-state index contributed by atoms with van der Waals surface area (Å²) in [5, 5.41) is 4.44. The van der Waals surface area contributed by atoms with Crippen molar-refractivity contribution in [1.82, 2.24) is 4.98 Å². The van der Waals surface area contributed by atoms with Crippen LogP contribution in [0.15, 0.2) is 65.2 Å². The number of nitrogens with zero attached hydrogens (tertiary/aromatic N) is 1. The van der Waals surface area contributed by atoms with Gasteiger partial charge in [-0.25, -0.2) is 0 Å². The first-order chi connectivity index (χ1) is 16.8. The van der Waals surface area contributed by atoms with Gasteiger partial charge in [0.25, 0.3) is 0 Å². The summed E-state index contributed by atoms with van der Waals surface area (Å²) in [6.07, 6.45) is 1.10. The highest BCUT2D eigenvalue weighted by Crippen LogP contribution is 2.40. The Hall–Kier alpha value is -3.13. The van der Waals surface area contributed by atoms with Gasteiger partial charge in [0.2, 0.25) is 0 Å². The molecule has 0 aliphatic heterocycles. The predicted octanol–water partition coefficient (Wildman–Crippen LogP) is 9.29. The van der Waals surface area contributed by atoms with Gasteiger partial charge >= 0.3 is 0 Å². The second kappa shape index (κ2) is 7.98. The summed E-state index contributed by atoms with van der Waals surface area (Å²) in [6, 6.07) is 18.7. The van der Waals surface area contributed by atoms with Crippen molar-refractivity contribution in [2.45, 2.75) is 61.3 Å². The maximum Gasteiger partial charge on any atom is 0.144 e. The first kappa shape index (κ1) is 20.3. The van der Waals surface area contributed by atoms with E-state index < -0.39 is 11.8 Å². The summed E-state index contributed by atoms with van der Waals surface area (Å²) in [5.74, 6) is 0. The Morgan fingerprint density at radius 2 is 1.56 bits per heavy atom. The van der Waals surface area contributed by atoms with E-state index in [1.165, 1.54) is 5.56 Å². The van der Waals surface area contributed by atoms with E-state index in [0.717, 1.165) is 56.0 Å². The summed E-state index contributed by atoms with van der Waals surface area (Å²) in [5.41, 5.74) is 5.62. The molecule has 0 radical (unpaired) electrons. The number of hydrogen-bond acceptors (Lipinski definition) is 2. The monoisotopic (exact) mass is 451 g/mol. The SMILES string of the molecule is [2H]C([2H])(c1cc(-c2cccc3c2oc2c4ccccc4cc(C)c32)ncc1CC(C)(C)C)C(C)(C)C. The second-order valence-electron chi connectivity index (χ2n) is 11.7. The topological polar surface area (TPSA) is 26.0 Å². The zero-order valence-corrected chi connectivity index (χ0v) is 21.3.